The number of pyridine rings is 1. The number of aliphatic hydroxyl groups is 1. The van der Waals surface area contributed by atoms with Crippen molar-refractivity contribution in [3.8, 4) is 0 Å². The number of fused-ring (bicyclic) bond motifs is 1. The van der Waals surface area contributed by atoms with Crippen molar-refractivity contribution in [3.63, 3.8) is 0 Å². The Morgan fingerprint density at radius 3 is 2.70 bits per heavy atom. The molecule has 2 aromatic rings. The lowest BCUT2D eigenvalue weighted by Gasteiger charge is -2.27. The van der Waals surface area contributed by atoms with Crippen LogP contribution < -0.4 is 5.56 Å². The van der Waals surface area contributed by atoms with Crippen LogP contribution in [-0.4, -0.2) is 10.1 Å². The summed E-state index contributed by atoms with van der Waals surface area (Å²) >= 11 is 0. The molecule has 3 heteroatoms. The summed E-state index contributed by atoms with van der Waals surface area (Å²) < 4.78 is 0. The molecular weight excluding hydrogens is 250 g/mol. The van der Waals surface area contributed by atoms with Gasteiger partial charge in [-0.1, -0.05) is 25.3 Å². The SMILES string of the molecule is Cc1cc2cc(C(O)C3CCCCC3)ccc2[nH]c1=O. The molecule has 106 valence electrons. The molecule has 1 aromatic heterocycles. The van der Waals surface area contributed by atoms with Crippen LogP contribution in [0.3, 0.4) is 0 Å². The largest absolute Gasteiger partial charge is 0.388 e. The fourth-order valence-electron chi connectivity index (χ4n) is 3.24. The lowest BCUT2D eigenvalue weighted by Crippen LogP contribution is -2.16. The zero-order chi connectivity index (χ0) is 14.1. The van der Waals surface area contributed by atoms with Crippen LogP contribution in [0.4, 0.5) is 0 Å². The average Bonchev–Trinajstić information content (AvgIpc) is 2.48. The van der Waals surface area contributed by atoms with E-state index in [1.165, 1.54) is 19.3 Å². The fourth-order valence-corrected chi connectivity index (χ4v) is 3.24. The molecule has 1 fully saturated rings. The summed E-state index contributed by atoms with van der Waals surface area (Å²) in [5.74, 6) is 0.380. The molecule has 1 aliphatic carbocycles. The number of aromatic nitrogens is 1. The van der Waals surface area contributed by atoms with E-state index in [4.69, 9.17) is 0 Å². The maximum Gasteiger partial charge on any atom is 0.251 e. The first-order chi connectivity index (χ1) is 9.65. The predicted octanol–water partition coefficient (Wildman–Crippen LogP) is 3.45. The van der Waals surface area contributed by atoms with E-state index in [0.717, 1.165) is 29.3 Å². The molecule has 0 radical (unpaired) electrons. The highest BCUT2D eigenvalue weighted by atomic mass is 16.3. The smallest absolute Gasteiger partial charge is 0.251 e. The molecule has 1 unspecified atom stereocenters. The van der Waals surface area contributed by atoms with Gasteiger partial charge >= 0.3 is 0 Å². The molecular formula is C17H21NO2. The molecule has 0 aliphatic heterocycles. The Hall–Kier alpha value is -1.61. The van der Waals surface area contributed by atoms with Gasteiger partial charge in [-0.25, -0.2) is 0 Å². The standard InChI is InChI=1S/C17H21NO2/c1-11-9-14-10-13(7-8-15(14)18-17(11)20)16(19)12-5-3-2-4-6-12/h7-10,12,16,19H,2-6H2,1H3,(H,18,20). The number of H-pyrrole nitrogens is 1. The second-order valence-corrected chi connectivity index (χ2v) is 5.97. The van der Waals surface area contributed by atoms with Crippen LogP contribution in [-0.2, 0) is 0 Å². The lowest BCUT2D eigenvalue weighted by atomic mass is 9.82. The number of aryl methyl sites for hydroxylation is 1. The van der Waals surface area contributed by atoms with Gasteiger partial charge in [-0.3, -0.25) is 4.79 Å². The van der Waals surface area contributed by atoms with Gasteiger partial charge in [0.25, 0.3) is 5.56 Å². The topological polar surface area (TPSA) is 53.1 Å². The first-order valence-corrected chi connectivity index (χ1v) is 7.47. The minimum absolute atomic E-state index is 0.0434. The summed E-state index contributed by atoms with van der Waals surface area (Å²) in [6, 6.07) is 7.74. The van der Waals surface area contributed by atoms with E-state index in [0.29, 0.717) is 11.5 Å². The number of hydrogen-bond acceptors (Lipinski definition) is 2. The molecule has 0 saturated heterocycles. The Bertz CT molecular complexity index is 668. The number of nitrogens with one attached hydrogen (secondary N) is 1. The summed E-state index contributed by atoms with van der Waals surface area (Å²) in [5, 5.41) is 11.6. The highest BCUT2D eigenvalue weighted by Crippen LogP contribution is 2.34. The van der Waals surface area contributed by atoms with E-state index < -0.39 is 0 Å². The minimum atomic E-state index is -0.382. The van der Waals surface area contributed by atoms with E-state index >= 15 is 0 Å². The highest BCUT2D eigenvalue weighted by Gasteiger charge is 2.23. The van der Waals surface area contributed by atoms with E-state index in [1.807, 2.05) is 31.2 Å². The van der Waals surface area contributed by atoms with Crippen molar-refractivity contribution < 1.29 is 5.11 Å². The van der Waals surface area contributed by atoms with Crippen molar-refractivity contribution in [1.82, 2.24) is 4.98 Å². The fraction of sp³-hybridized carbons (Fsp3) is 0.471. The van der Waals surface area contributed by atoms with Crippen molar-refractivity contribution in [2.45, 2.75) is 45.1 Å². The third-order valence-electron chi connectivity index (χ3n) is 4.49. The van der Waals surface area contributed by atoms with E-state index in [1.54, 1.807) is 0 Å². The molecule has 2 N–H and O–H groups in total. The van der Waals surface area contributed by atoms with E-state index in [9.17, 15) is 9.90 Å². The van der Waals surface area contributed by atoms with Crippen LogP contribution in [0.5, 0.6) is 0 Å². The van der Waals surface area contributed by atoms with Crippen molar-refractivity contribution in [2.75, 3.05) is 0 Å². The quantitative estimate of drug-likeness (QED) is 0.879. The average molecular weight is 271 g/mol. The summed E-state index contributed by atoms with van der Waals surface area (Å²) in [7, 11) is 0. The first kappa shape index (κ1) is 13.4. The van der Waals surface area contributed by atoms with Gasteiger partial charge in [-0.05, 0) is 54.8 Å². The molecule has 1 saturated carbocycles. The van der Waals surface area contributed by atoms with Gasteiger partial charge in [-0.15, -0.1) is 0 Å². The maximum absolute atomic E-state index is 11.6. The molecule has 1 heterocycles. The second-order valence-electron chi connectivity index (χ2n) is 5.97. The number of aliphatic hydroxyl groups excluding tert-OH is 1. The minimum Gasteiger partial charge on any atom is -0.388 e. The molecule has 1 aromatic carbocycles. The van der Waals surface area contributed by atoms with E-state index in [-0.39, 0.29) is 11.7 Å². The molecule has 1 atom stereocenters. The van der Waals surface area contributed by atoms with Gasteiger partial charge in [0.2, 0.25) is 0 Å². The summed E-state index contributed by atoms with van der Waals surface area (Å²) in [6.07, 6.45) is 5.59. The zero-order valence-electron chi connectivity index (χ0n) is 11.9. The van der Waals surface area contributed by atoms with Crippen molar-refractivity contribution in [3.05, 3.63) is 45.7 Å². The van der Waals surface area contributed by atoms with Gasteiger partial charge in [0.15, 0.2) is 0 Å². The van der Waals surface area contributed by atoms with Crippen LogP contribution >= 0.6 is 0 Å². The third kappa shape index (κ3) is 2.50. The molecule has 0 spiro atoms. The molecule has 3 rings (SSSR count). The summed E-state index contributed by atoms with van der Waals surface area (Å²) in [4.78, 5) is 14.5. The van der Waals surface area contributed by atoms with E-state index in [2.05, 4.69) is 4.98 Å². The Balaban J connectivity index is 1.95. The van der Waals surface area contributed by atoms with Crippen LogP contribution in [0.25, 0.3) is 10.9 Å². The number of aromatic amines is 1. The Morgan fingerprint density at radius 1 is 1.20 bits per heavy atom. The third-order valence-corrected chi connectivity index (χ3v) is 4.49. The van der Waals surface area contributed by atoms with Crippen LogP contribution in [0.1, 0.15) is 49.3 Å². The molecule has 20 heavy (non-hydrogen) atoms. The Labute approximate surface area is 118 Å². The van der Waals surface area contributed by atoms with Gasteiger partial charge in [-0.2, -0.15) is 0 Å². The first-order valence-electron chi connectivity index (χ1n) is 7.47. The Kier molecular flexibility index (Phi) is 3.62. The van der Waals surface area contributed by atoms with Gasteiger partial charge in [0, 0.05) is 11.1 Å². The predicted molar refractivity (Wildman–Crippen MR) is 80.8 cm³/mol. The van der Waals surface area contributed by atoms with Crippen molar-refractivity contribution in [2.24, 2.45) is 5.92 Å². The second kappa shape index (κ2) is 5.41. The van der Waals surface area contributed by atoms with Gasteiger partial charge in [0.1, 0.15) is 0 Å². The molecule has 0 bridgehead atoms. The lowest BCUT2D eigenvalue weighted by molar-refractivity contribution is 0.0849. The number of rotatable bonds is 2. The number of hydrogen-bond donors (Lipinski definition) is 2. The van der Waals surface area contributed by atoms with Crippen LogP contribution in [0.2, 0.25) is 0 Å². The normalized spacial score (nSPS) is 18.3. The number of benzene rings is 1. The molecule has 3 nitrogen and oxygen atoms in total. The van der Waals surface area contributed by atoms with Crippen LogP contribution in [0, 0.1) is 12.8 Å². The highest BCUT2D eigenvalue weighted by molar-refractivity contribution is 5.79. The molecule has 1 aliphatic rings. The zero-order valence-corrected chi connectivity index (χ0v) is 11.9. The summed E-state index contributed by atoms with van der Waals surface area (Å²) in [6.45, 7) is 1.81. The Morgan fingerprint density at radius 2 is 1.95 bits per heavy atom. The summed E-state index contributed by atoms with van der Waals surface area (Å²) in [5.41, 5.74) is 2.47. The monoisotopic (exact) mass is 271 g/mol. The van der Waals surface area contributed by atoms with Crippen LogP contribution in [0.15, 0.2) is 29.1 Å². The maximum atomic E-state index is 11.6. The van der Waals surface area contributed by atoms with Gasteiger partial charge in [0.05, 0.1) is 6.10 Å². The van der Waals surface area contributed by atoms with Crippen molar-refractivity contribution in [1.29, 1.82) is 0 Å². The molecule has 0 amide bonds. The van der Waals surface area contributed by atoms with Crippen molar-refractivity contribution >= 4 is 10.9 Å². The van der Waals surface area contributed by atoms with Gasteiger partial charge < -0.3 is 10.1 Å².